The minimum atomic E-state index is -0.480. The second kappa shape index (κ2) is 8.98. The lowest BCUT2D eigenvalue weighted by molar-refractivity contribution is -0.384. The average Bonchev–Trinajstić information content (AvgIpc) is 2.57. The molecule has 2 aromatic rings. The molecule has 0 fully saturated rings. The van der Waals surface area contributed by atoms with Crippen LogP contribution < -0.4 is 5.32 Å². The molecule has 0 aromatic heterocycles. The molecule has 2 aromatic carbocycles. The van der Waals surface area contributed by atoms with E-state index in [1.54, 1.807) is 11.8 Å². The summed E-state index contributed by atoms with van der Waals surface area (Å²) < 4.78 is 0.477. The van der Waals surface area contributed by atoms with Crippen molar-refractivity contribution in [1.82, 2.24) is 4.90 Å². The molecule has 0 heterocycles. The minimum Gasteiger partial charge on any atom is -0.324 e. The fraction of sp³-hybridized carbons (Fsp3) is 0.235. The van der Waals surface area contributed by atoms with Gasteiger partial charge in [-0.1, -0.05) is 12.1 Å². The van der Waals surface area contributed by atoms with Crippen molar-refractivity contribution in [1.29, 1.82) is 0 Å². The first-order valence-electron chi connectivity index (χ1n) is 7.44. The number of halogens is 1. The van der Waals surface area contributed by atoms with Crippen LogP contribution in [0.15, 0.2) is 51.8 Å². The molecule has 1 amide bonds. The van der Waals surface area contributed by atoms with E-state index in [1.807, 2.05) is 30.3 Å². The summed E-state index contributed by atoms with van der Waals surface area (Å²) in [6, 6.07) is 12.5. The van der Waals surface area contributed by atoms with Crippen molar-refractivity contribution in [2.75, 3.05) is 25.2 Å². The monoisotopic (exact) mass is 423 g/mol. The van der Waals surface area contributed by atoms with Crippen LogP contribution in [0, 0.1) is 10.1 Å². The Hall–Kier alpha value is -1.90. The third-order valence-corrected chi connectivity index (χ3v) is 4.86. The van der Waals surface area contributed by atoms with Gasteiger partial charge in [-0.25, -0.2) is 0 Å². The quantitative estimate of drug-likeness (QED) is 0.411. The molecule has 0 aliphatic rings. The Morgan fingerprint density at radius 2 is 1.96 bits per heavy atom. The topological polar surface area (TPSA) is 75.5 Å². The van der Waals surface area contributed by atoms with Crippen LogP contribution in [0.1, 0.15) is 5.56 Å². The molecule has 0 unspecified atom stereocenters. The van der Waals surface area contributed by atoms with Gasteiger partial charge in [0.05, 0.1) is 17.2 Å². The van der Waals surface area contributed by atoms with Crippen LogP contribution in [0.2, 0.25) is 0 Å². The van der Waals surface area contributed by atoms with E-state index in [1.165, 1.54) is 23.1 Å². The fourth-order valence-electron chi connectivity index (χ4n) is 2.25. The van der Waals surface area contributed by atoms with Gasteiger partial charge in [-0.2, -0.15) is 0 Å². The summed E-state index contributed by atoms with van der Waals surface area (Å²) >= 11 is 4.93. The summed E-state index contributed by atoms with van der Waals surface area (Å²) in [5.41, 5.74) is 1.61. The van der Waals surface area contributed by atoms with E-state index in [2.05, 4.69) is 33.4 Å². The van der Waals surface area contributed by atoms with Gasteiger partial charge in [-0.3, -0.25) is 19.8 Å². The highest BCUT2D eigenvalue weighted by atomic mass is 79.9. The number of rotatable bonds is 7. The molecule has 0 saturated carbocycles. The van der Waals surface area contributed by atoms with Gasteiger partial charge >= 0.3 is 0 Å². The molecule has 0 bridgehead atoms. The molecule has 132 valence electrons. The predicted molar refractivity (Wildman–Crippen MR) is 104 cm³/mol. The molecule has 0 spiro atoms. The Bertz CT molecular complexity index is 768. The molecule has 2 rings (SSSR count). The number of benzene rings is 2. The summed E-state index contributed by atoms with van der Waals surface area (Å²) in [5.74, 6) is -0.183. The number of carbonyl (C=O) groups excluding carboxylic acids is 1. The molecule has 25 heavy (non-hydrogen) atoms. The lowest BCUT2D eigenvalue weighted by Gasteiger charge is -2.17. The maximum atomic E-state index is 12.2. The number of carbonyl (C=O) groups is 1. The Morgan fingerprint density at radius 3 is 2.52 bits per heavy atom. The van der Waals surface area contributed by atoms with Gasteiger partial charge in [-0.15, -0.1) is 11.8 Å². The van der Waals surface area contributed by atoms with Crippen LogP contribution in [-0.2, 0) is 11.3 Å². The van der Waals surface area contributed by atoms with Gasteiger partial charge < -0.3 is 5.32 Å². The molecule has 0 aliphatic carbocycles. The highest BCUT2D eigenvalue weighted by Gasteiger charge is 2.12. The smallest absolute Gasteiger partial charge is 0.270 e. The SMILES string of the molecule is CSc1ccc(CN(C)CC(=O)Nc2ccc([N+](=O)[O-])cc2Br)cc1. The highest BCUT2D eigenvalue weighted by molar-refractivity contribution is 9.10. The van der Waals surface area contributed by atoms with E-state index in [-0.39, 0.29) is 18.1 Å². The zero-order valence-corrected chi connectivity index (χ0v) is 16.3. The first-order valence-corrected chi connectivity index (χ1v) is 9.46. The van der Waals surface area contributed by atoms with Gasteiger partial charge in [0.2, 0.25) is 5.91 Å². The maximum Gasteiger partial charge on any atom is 0.270 e. The summed E-state index contributed by atoms with van der Waals surface area (Å²) in [4.78, 5) is 25.5. The number of likely N-dealkylation sites (N-methyl/N-ethyl adjacent to an activating group) is 1. The molecule has 8 heteroatoms. The van der Waals surface area contributed by atoms with Crippen molar-refractivity contribution in [3.8, 4) is 0 Å². The number of thioether (sulfide) groups is 1. The van der Waals surface area contributed by atoms with Crippen LogP contribution in [0.4, 0.5) is 11.4 Å². The Kier molecular flexibility index (Phi) is 6.98. The van der Waals surface area contributed by atoms with E-state index in [9.17, 15) is 14.9 Å². The third kappa shape index (κ3) is 5.84. The number of anilines is 1. The first-order chi connectivity index (χ1) is 11.9. The third-order valence-electron chi connectivity index (χ3n) is 3.46. The van der Waals surface area contributed by atoms with E-state index in [0.717, 1.165) is 5.56 Å². The van der Waals surface area contributed by atoms with Crippen molar-refractivity contribution < 1.29 is 9.72 Å². The van der Waals surface area contributed by atoms with Gasteiger partial charge in [0.25, 0.3) is 5.69 Å². The van der Waals surface area contributed by atoms with Crippen LogP contribution >= 0.6 is 27.7 Å². The zero-order chi connectivity index (χ0) is 18.4. The number of non-ortho nitro benzene ring substituents is 1. The number of hydrogen-bond donors (Lipinski definition) is 1. The molecular weight excluding hydrogens is 406 g/mol. The van der Waals surface area contributed by atoms with Gasteiger partial charge in [-0.05, 0) is 53.0 Å². The largest absolute Gasteiger partial charge is 0.324 e. The van der Waals surface area contributed by atoms with Crippen LogP contribution in [0.25, 0.3) is 0 Å². The lowest BCUT2D eigenvalue weighted by Crippen LogP contribution is -2.29. The number of nitro groups is 1. The van der Waals surface area contributed by atoms with Crippen molar-refractivity contribution in [2.45, 2.75) is 11.4 Å². The molecule has 0 atom stereocenters. The number of hydrogen-bond acceptors (Lipinski definition) is 5. The molecular formula is C17H18BrN3O3S. The highest BCUT2D eigenvalue weighted by Crippen LogP contribution is 2.27. The number of nitro benzene ring substituents is 1. The summed E-state index contributed by atoms with van der Waals surface area (Å²) in [7, 11) is 1.87. The van der Waals surface area contributed by atoms with Crippen molar-refractivity contribution >= 4 is 45.0 Å². The molecule has 0 saturated heterocycles. The van der Waals surface area contributed by atoms with Gasteiger partial charge in [0.15, 0.2) is 0 Å². The maximum absolute atomic E-state index is 12.2. The average molecular weight is 424 g/mol. The normalized spacial score (nSPS) is 10.7. The standard InChI is InChI=1S/C17H18BrN3O3S/c1-20(10-12-3-6-14(25-2)7-4-12)11-17(22)19-16-8-5-13(21(23)24)9-15(16)18/h3-9H,10-11H2,1-2H3,(H,19,22). The summed E-state index contributed by atoms with van der Waals surface area (Å²) in [6.07, 6.45) is 2.03. The number of nitrogens with one attached hydrogen (secondary N) is 1. The van der Waals surface area contributed by atoms with Crippen LogP contribution in [-0.4, -0.2) is 35.6 Å². The van der Waals surface area contributed by atoms with E-state index < -0.39 is 4.92 Å². The second-order valence-electron chi connectivity index (χ2n) is 5.49. The summed E-state index contributed by atoms with van der Waals surface area (Å²) in [6.45, 7) is 0.872. The Morgan fingerprint density at radius 1 is 1.28 bits per heavy atom. The van der Waals surface area contributed by atoms with Gasteiger partial charge in [0, 0.05) is 28.0 Å². The summed E-state index contributed by atoms with van der Waals surface area (Å²) in [5, 5.41) is 13.5. The minimum absolute atomic E-state index is 0.0318. The molecule has 1 N–H and O–H groups in total. The number of amides is 1. The van der Waals surface area contributed by atoms with E-state index in [0.29, 0.717) is 16.7 Å². The van der Waals surface area contributed by atoms with Gasteiger partial charge in [0.1, 0.15) is 0 Å². The first kappa shape index (κ1) is 19.4. The Labute approximate surface area is 158 Å². The second-order valence-corrected chi connectivity index (χ2v) is 7.22. The predicted octanol–water partition coefficient (Wildman–Crippen LogP) is 4.15. The Balaban J connectivity index is 1.91. The van der Waals surface area contributed by atoms with Crippen molar-refractivity contribution in [3.63, 3.8) is 0 Å². The zero-order valence-electron chi connectivity index (χ0n) is 13.9. The molecule has 0 aliphatic heterocycles. The number of nitrogens with zero attached hydrogens (tertiary/aromatic N) is 2. The van der Waals surface area contributed by atoms with E-state index in [4.69, 9.17) is 0 Å². The van der Waals surface area contributed by atoms with Crippen molar-refractivity contribution in [3.05, 3.63) is 62.6 Å². The van der Waals surface area contributed by atoms with E-state index >= 15 is 0 Å². The van der Waals surface area contributed by atoms with Crippen LogP contribution in [0.3, 0.4) is 0 Å². The van der Waals surface area contributed by atoms with Crippen molar-refractivity contribution in [2.24, 2.45) is 0 Å². The molecule has 0 radical (unpaired) electrons. The lowest BCUT2D eigenvalue weighted by atomic mass is 10.2. The fourth-order valence-corrected chi connectivity index (χ4v) is 3.13. The van der Waals surface area contributed by atoms with Crippen LogP contribution in [0.5, 0.6) is 0 Å². The molecule has 6 nitrogen and oxygen atoms in total.